The maximum atomic E-state index is 2.67. The summed E-state index contributed by atoms with van der Waals surface area (Å²) in [6.45, 7) is 8.60. The average Bonchev–Trinajstić information content (AvgIpc) is 2.43. The predicted octanol–water partition coefficient (Wildman–Crippen LogP) is 1.03. The van der Waals surface area contributed by atoms with Gasteiger partial charge in [-0.2, -0.15) is 0 Å². The van der Waals surface area contributed by atoms with E-state index in [2.05, 4.69) is 30.7 Å². The third-order valence-corrected chi connectivity index (χ3v) is 3.44. The van der Waals surface area contributed by atoms with Gasteiger partial charge in [0, 0.05) is 25.2 Å². The van der Waals surface area contributed by atoms with Crippen LogP contribution in [-0.2, 0) is 0 Å². The van der Waals surface area contributed by atoms with E-state index in [0.717, 1.165) is 18.0 Å². The third kappa shape index (κ3) is 1.27. The van der Waals surface area contributed by atoms with Crippen molar-refractivity contribution in [3.05, 3.63) is 0 Å². The Hall–Kier alpha value is -0.0800. The molecule has 2 nitrogen and oxygen atoms in total. The molecule has 2 heteroatoms. The van der Waals surface area contributed by atoms with E-state index in [1.807, 2.05) is 0 Å². The standard InChI is InChI=1S/C10H20N2/c1-8(2)12-5-4-9-6-11(3)7-10(9)12/h8-10H,4-7H2,1-3H3/t9-,10-/m1/s1. The number of nitrogens with zero attached hydrogens (tertiary/aromatic N) is 2. The maximum absolute atomic E-state index is 2.67. The normalized spacial score (nSPS) is 38.0. The SMILES string of the molecule is CC(C)N1CC[C@@H]2CN(C)C[C@H]21. The first kappa shape index (κ1) is 8.52. The molecule has 0 radical (unpaired) electrons. The lowest BCUT2D eigenvalue weighted by atomic mass is 10.0. The second-order valence-electron chi connectivity index (χ2n) is 4.67. The van der Waals surface area contributed by atoms with E-state index in [9.17, 15) is 0 Å². The van der Waals surface area contributed by atoms with Gasteiger partial charge in [-0.05, 0) is 39.8 Å². The minimum absolute atomic E-state index is 0.742. The van der Waals surface area contributed by atoms with Gasteiger partial charge >= 0.3 is 0 Å². The van der Waals surface area contributed by atoms with Gasteiger partial charge in [0.1, 0.15) is 0 Å². The topological polar surface area (TPSA) is 6.48 Å². The second kappa shape index (κ2) is 3.00. The van der Waals surface area contributed by atoms with Crippen LogP contribution in [0.15, 0.2) is 0 Å². The van der Waals surface area contributed by atoms with Crippen LogP contribution >= 0.6 is 0 Å². The maximum Gasteiger partial charge on any atom is 0.0266 e. The van der Waals surface area contributed by atoms with Crippen LogP contribution in [0.1, 0.15) is 20.3 Å². The Balaban J connectivity index is 2.03. The summed E-state index contributed by atoms with van der Waals surface area (Å²) in [6, 6.07) is 1.61. The van der Waals surface area contributed by atoms with Crippen molar-refractivity contribution in [1.29, 1.82) is 0 Å². The summed E-state index contributed by atoms with van der Waals surface area (Å²) in [5.74, 6) is 0.970. The predicted molar refractivity (Wildman–Crippen MR) is 51.2 cm³/mol. The molecule has 0 aromatic heterocycles. The molecule has 12 heavy (non-hydrogen) atoms. The molecule has 2 aliphatic heterocycles. The van der Waals surface area contributed by atoms with Crippen LogP contribution in [0.5, 0.6) is 0 Å². The van der Waals surface area contributed by atoms with E-state index >= 15 is 0 Å². The molecule has 0 aromatic carbocycles. The summed E-state index contributed by atoms with van der Waals surface area (Å²) in [6.07, 6.45) is 1.42. The van der Waals surface area contributed by atoms with Crippen molar-refractivity contribution in [1.82, 2.24) is 9.80 Å². The van der Waals surface area contributed by atoms with Gasteiger partial charge in [-0.3, -0.25) is 4.90 Å². The molecule has 0 aromatic rings. The molecule has 2 rings (SSSR count). The lowest BCUT2D eigenvalue weighted by Crippen LogP contribution is -2.39. The Bertz CT molecular complexity index is 167. The zero-order chi connectivity index (χ0) is 8.72. The van der Waals surface area contributed by atoms with Gasteiger partial charge < -0.3 is 4.90 Å². The van der Waals surface area contributed by atoms with Crippen LogP contribution in [0.25, 0.3) is 0 Å². The summed E-state index contributed by atoms with van der Waals surface area (Å²) in [7, 11) is 2.25. The fraction of sp³-hybridized carbons (Fsp3) is 1.00. The van der Waals surface area contributed by atoms with Crippen molar-refractivity contribution < 1.29 is 0 Å². The number of likely N-dealkylation sites (N-methyl/N-ethyl adjacent to an activating group) is 1. The molecule has 2 heterocycles. The summed E-state index contributed by atoms with van der Waals surface area (Å²) in [4.78, 5) is 5.15. The van der Waals surface area contributed by atoms with Gasteiger partial charge in [0.25, 0.3) is 0 Å². The van der Waals surface area contributed by atoms with Gasteiger partial charge in [0.05, 0.1) is 0 Å². The van der Waals surface area contributed by atoms with Gasteiger partial charge in [0.2, 0.25) is 0 Å². The minimum Gasteiger partial charge on any atom is -0.304 e. The highest BCUT2D eigenvalue weighted by molar-refractivity contribution is 4.95. The molecular weight excluding hydrogens is 148 g/mol. The number of fused-ring (bicyclic) bond motifs is 1. The Morgan fingerprint density at radius 3 is 2.67 bits per heavy atom. The molecule has 0 N–H and O–H groups in total. The highest BCUT2D eigenvalue weighted by atomic mass is 15.3. The van der Waals surface area contributed by atoms with Gasteiger partial charge in [-0.25, -0.2) is 0 Å². The Morgan fingerprint density at radius 2 is 2.00 bits per heavy atom. The minimum atomic E-state index is 0.742. The monoisotopic (exact) mass is 168 g/mol. The smallest absolute Gasteiger partial charge is 0.0266 e. The van der Waals surface area contributed by atoms with Crippen molar-refractivity contribution in [2.75, 3.05) is 26.7 Å². The van der Waals surface area contributed by atoms with Crippen molar-refractivity contribution in [2.45, 2.75) is 32.4 Å². The molecule has 0 unspecified atom stereocenters. The van der Waals surface area contributed by atoms with Crippen LogP contribution in [0.3, 0.4) is 0 Å². The Labute approximate surface area is 75.5 Å². The number of hydrogen-bond acceptors (Lipinski definition) is 2. The van der Waals surface area contributed by atoms with Crippen LogP contribution in [0, 0.1) is 5.92 Å². The fourth-order valence-electron chi connectivity index (χ4n) is 2.85. The lowest BCUT2D eigenvalue weighted by molar-refractivity contribution is 0.191. The molecule has 2 fully saturated rings. The zero-order valence-corrected chi connectivity index (χ0v) is 8.45. The van der Waals surface area contributed by atoms with Crippen molar-refractivity contribution >= 4 is 0 Å². The Morgan fingerprint density at radius 1 is 1.25 bits per heavy atom. The van der Waals surface area contributed by atoms with Crippen LogP contribution < -0.4 is 0 Å². The number of rotatable bonds is 1. The fourth-order valence-corrected chi connectivity index (χ4v) is 2.85. The largest absolute Gasteiger partial charge is 0.304 e. The van der Waals surface area contributed by atoms with E-state index in [4.69, 9.17) is 0 Å². The van der Waals surface area contributed by atoms with Crippen molar-refractivity contribution in [3.8, 4) is 0 Å². The van der Waals surface area contributed by atoms with Crippen molar-refractivity contribution in [2.24, 2.45) is 5.92 Å². The van der Waals surface area contributed by atoms with Crippen molar-refractivity contribution in [3.63, 3.8) is 0 Å². The summed E-state index contributed by atoms with van der Waals surface area (Å²) in [5.41, 5.74) is 0. The first-order valence-electron chi connectivity index (χ1n) is 5.13. The summed E-state index contributed by atoms with van der Waals surface area (Å²) in [5, 5.41) is 0. The molecule has 0 spiro atoms. The summed E-state index contributed by atoms with van der Waals surface area (Å²) >= 11 is 0. The first-order valence-corrected chi connectivity index (χ1v) is 5.13. The van der Waals surface area contributed by atoms with E-state index in [1.54, 1.807) is 0 Å². The molecule has 70 valence electrons. The zero-order valence-electron chi connectivity index (χ0n) is 8.45. The second-order valence-corrected chi connectivity index (χ2v) is 4.67. The van der Waals surface area contributed by atoms with Crippen LogP contribution in [-0.4, -0.2) is 48.6 Å². The molecule has 0 amide bonds. The molecule has 2 atom stereocenters. The van der Waals surface area contributed by atoms with E-state index in [0.29, 0.717) is 0 Å². The van der Waals surface area contributed by atoms with Gasteiger partial charge in [-0.1, -0.05) is 0 Å². The highest BCUT2D eigenvalue weighted by Crippen LogP contribution is 2.31. The van der Waals surface area contributed by atoms with E-state index in [1.165, 1.54) is 26.1 Å². The van der Waals surface area contributed by atoms with Gasteiger partial charge in [-0.15, -0.1) is 0 Å². The number of likely N-dealkylation sites (tertiary alicyclic amines) is 2. The molecule has 2 saturated heterocycles. The van der Waals surface area contributed by atoms with E-state index < -0.39 is 0 Å². The quantitative estimate of drug-likeness (QED) is 0.577. The Kier molecular flexibility index (Phi) is 2.13. The molecule has 0 aliphatic carbocycles. The lowest BCUT2D eigenvalue weighted by Gasteiger charge is -2.27. The molecule has 2 aliphatic rings. The highest BCUT2D eigenvalue weighted by Gasteiger charge is 2.40. The molecule has 0 saturated carbocycles. The van der Waals surface area contributed by atoms with Gasteiger partial charge in [0.15, 0.2) is 0 Å². The summed E-state index contributed by atoms with van der Waals surface area (Å²) < 4.78 is 0. The van der Waals surface area contributed by atoms with Crippen LogP contribution in [0.2, 0.25) is 0 Å². The molecular formula is C10H20N2. The first-order chi connectivity index (χ1) is 5.68. The average molecular weight is 168 g/mol. The third-order valence-electron chi connectivity index (χ3n) is 3.44. The molecule has 0 bridgehead atoms. The number of hydrogen-bond donors (Lipinski definition) is 0. The van der Waals surface area contributed by atoms with Crippen LogP contribution in [0.4, 0.5) is 0 Å². The van der Waals surface area contributed by atoms with E-state index in [-0.39, 0.29) is 0 Å².